The fourth-order valence-electron chi connectivity index (χ4n) is 1.18. The monoisotopic (exact) mass is 192 g/mol. The first-order chi connectivity index (χ1) is 6.29. The zero-order chi connectivity index (χ0) is 9.26. The van der Waals surface area contributed by atoms with Crippen molar-refractivity contribution in [1.29, 1.82) is 0 Å². The van der Waals surface area contributed by atoms with E-state index in [9.17, 15) is 0 Å². The predicted molar refractivity (Wildman–Crippen MR) is 50.5 cm³/mol. The molecule has 0 aliphatic carbocycles. The lowest BCUT2D eigenvalue weighted by molar-refractivity contribution is 0.396. The van der Waals surface area contributed by atoms with Crippen LogP contribution >= 0.6 is 11.6 Å². The summed E-state index contributed by atoms with van der Waals surface area (Å²) in [4.78, 5) is 0. The maximum absolute atomic E-state index is 6.00. The summed E-state index contributed by atoms with van der Waals surface area (Å²) in [5.74, 6) is 0.730. The predicted octanol–water partition coefficient (Wildman–Crippen LogP) is 3.10. The molecule has 0 unspecified atom stereocenters. The number of nitrogens with zero attached hydrogens (tertiary/aromatic N) is 1. The van der Waals surface area contributed by atoms with Crippen LogP contribution in [0.4, 0.5) is 0 Å². The molecule has 3 heteroatoms. The highest BCUT2D eigenvalue weighted by molar-refractivity contribution is 6.33. The van der Waals surface area contributed by atoms with Crippen molar-refractivity contribution in [3.05, 3.63) is 41.2 Å². The molecule has 13 heavy (non-hydrogen) atoms. The lowest BCUT2D eigenvalue weighted by Gasteiger charge is -1.99. The molecule has 0 N–H and O–H groups in total. The lowest BCUT2D eigenvalue weighted by Crippen LogP contribution is -1.78. The highest BCUT2D eigenvalue weighted by atomic mass is 35.5. The van der Waals surface area contributed by atoms with E-state index in [1.807, 2.05) is 31.2 Å². The number of hydrogen-bond acceptors (Lipinski definition) is 2. The van der Waals surface area contributed by atoms with Crippen molar-refractivity contribution in [3.63, 3.8) is 0 Å². The van der Waals surface area contributed by atoms with Gasteiger partial charge in [0.1, 0.15) is 12.0 Å². The summed E-state index contributed by atoms with van der Waals surface area (Å²) in [6.07, 6.45) is 2.76. The molecule has 0 fully saturated rings. The standard InChI is InChI=1S/C10H7ClNO/c1-7-9(6-12-13-7)8-4-2-3-5-10(8)11/h2-5H,1H3. The van der Waals surface area contributed by atoms with E-state index >= 15 is 0 Å². The Balaban J connectivity index is 2.59. The molecule has 0 spiro atoms. The minimum absolute atomic E-state index is 0.685. The molecule has 0 aliphatic rings. The topological polar surface area (TPSA) is 26.0 Å². The van der Waals surface area contributed by atoms with Crippen molar-refractivity contribution in [2.24, 2.45) is 0 Å². The normalized spacial score (nSPS) is 10.3. The summed E-state index contributed by atoms with van der Waals surface area (Å²) in [7, 11) is 0. The molecule has 1 aromatic heterocycles. The van der Waals surface area contributed by atoms with Gasteiger partial charge in [-0.15, -0.1) is 0 Å². The van der Waals surface area contributed by atoms with Crippen molar-refractivity contribution in [2.75, 3.05) is 0 Å². The van der Waals surface area contributed by atoms with Gasteiger partial charge in [-0.2, -0.15) is 0 Å². The largest absolute Gasteiger partial charge is 0.360 e. The Labute approximate surface area is 81.1 Å². The number of aryl methyl sites for hydroxylation is 1. The average molecular weight is 193 g/mol. The Morgan fingerprint density at radius 1 is 1.38 bits per heavy atom. The Morgan fingerprint density at radius 2 is 2.15 bits per heavy atom. The third-order valence-electron chi connectivity index (χ3n) is 1.84. The zero-order valence-electron chi connectivity index (χ0n) is 7.04. The van der Waals surface area contributed by atoms with Crippen LogP contribution in [0.3, 0.4) is 0 Å². The van der Waals surface area contributed by atoms with Crippen LogP contribution in [0.15, 0.2) is 28.8 Å². The summed E-state index contributed by atoms with van der Waals surface area (Å²) >= 11 is 6.00. The number of benzene rings is 1. The molecule has 1 aromatic carbocycles. The van der Waals surface area contributed by atoms with Crippen molar-refractivity contribution in [2.45, 2.75) is 6.92 Å². The summed E-state index contributed by atoms with van der Waals surface area (Å²) in [5, 5.41) is 4.27. The van der Waals surface area contributed by atoms with Gasteiger partial charge in [-0.25, -0.2) is 0 Å². The van der Waals surface area contributed by atoms with Crippen LogP contribution in [0.2, 0.25) is 5.02 Å². The second kappa shape index (κ2) is 3.23. The third-order valence-corrected chi connectivity index (χ3v) is 2.16. The fourth-order valence-corrected chi connectivity index (χ4v) is 1.41. The SMILES string of the molecule is Cc1on[c]c1-c1ccccc1Cl. The second-order valence-electron chi connectivity index (χ2n) is 2.71. The Morgan fingerprint density at radius 3 is 2.77 bits per heavy atom. The van der Waals surface area contributed by atoms with Gasteiger partial charge in [0.25, 0.3) is 0 Å². The summed E-state index contributed by atoms with van der Waals surface area (Å²) in [6.45, 7) is 1.84. The molecule has 2 rings (SSSR count). The molecule has 65 valence electrons. The van der Waals surface area contributed by atoms with E-state index in [-0.39, 0.29) is 0 Å². The Kier molecular flexibility index (Phi) is 2.07. The van der Waals surface area contributed by atoms with Crippen LogP contribution < -0.4 is 0 Å². The van der Waals surface area contributed by atoms with E-state index in [4.69, 9.17) is 16.1 Å². The van der Waals surface area contributed by atoms with Crippen LogP contribution in [-0.2, 0) is 0 Å². The first-order valence-electron chi connectivity index (χ1n) is 3.88. The van der Waals surface area contributed by atoms with Crippen molar-refractivity contribution in [1.82, 2.24) is 5.16 Å². The summed E-state index contributed by atoms with van der Waals surface area (Å²) in [5.41, 5.74) is 1.73. The van der Waals surface area contributed by atoms with Crippen LogP contribution in [0, 0.1) is 13.1 Å². The molecule has 1 heterocycles. The Hall–Kier alpha value is -1.28. The third kappa shape index (κ3) is 1.45. The molecule has 0 atom stereocenters. The number of hydrogen-bond donors (Lipinski definition) is 0. The van der Waals surface area contributed by atoms with Gasteiger partial charge in [0, 0.05) is 10.6 Å². The van der Waals surface area contributed by atoms with E-state index in [1.54, 1.807) is 0 Å². The smallest absolute Gasteiger partial charge is 0.144 e. The summed E-state index contributed by atoms with van der Waals surface area (Å²) in [6, 6.07) is 7.55. The first-order valence-corrected chi connectivity index (χ1v) is 4.25. The van der Waals surface area contributed by atoms with E-state index in [1.165, 1.54) is 0 Å². The highest BCUT2D eigenvalue weighted by Gasteiger charge is 2.09. The van der Waals surface area contributed by atoms with E-state index in [0.29, 0.717) is 5.02 Å². The van der Waals surface area contributed by atoms with Crippen LogP contribution in [0.25, 0.3) is 11.1 Å². The number of rotatable bonds is 1. The van der Waals surface area contributed by atoms with Crippen molar-refractivity contribution in [3.8, 4) is 11.1 Å². The molecule has 2 nitrogen and oxygen atoms in total. The van der Waals surface area contributed by atoms with Gasteiger partial charge in [0.15, 0.2) is 0 Å². The van der Waals surface area contributed by atoms with Crippen LogP contribution in [-0.4, -0.2) is 5.16 Å². The molecule has 0 saturated carbocycles. The Bertz CT molecular complexity index is 422. The highest BCUT2D eigenvalue weighted by Crippen LogP contribution is 2.28. The van der Waals surface area contributed by atoms with Gasteiger partial charge in [0.05, 0.1) is 5.56 Å². The average Bonchev–Trinajstić information content (AvgIpc) is 2.52. The number of aromatic nitrogens is 1. The quantitative estimate of drug-likeness (QED) is 0.694. The van der Waals surface area contributed by atoms with Gasteiger partial charge >= 0.3 is 0 Å². The van der Waals surface area contributed by atoms with E-state index in [2.05, 4.69) is 11.4 Å². The van der Waals surface area contributed by atoms with Crippen molar-refractivity contribution >= 4 is 11.6 Å². The first kappa shape index (κ1) is 8.32. The summed E-state index contributed by atoms with van der Waals surface area (Å²) < 4.78 is 4.91. The van der Waals surface area contributed by atoms with Crippen LogP contribution in [0.1, 0.15) is 5.76 Å². The molecular weight excluding hydrogens is 186 g/mol. The molecule has 0 saturated heterocycles. The van der Waals surface area contributed by atoms with E-state index in [0.717, 1.165) is 16.9 Å². The minimum atomic E-state index is 0.685. The molecular formula is C10H7ClNO. The van der Waals surface area contributed by atoms with Gasteiger partial charge in [0.2, 0.25) is 0 Å². The fraction of sp³-hybridized carbons (Fsp3) is 0.100. The molecule has 1 radical (unpaired) electrons. The molecule has 2 aromatic rings. The lowest BCUT2D eigenvalue weighted by atomic mass is 10.1. The molecule has 0 amide bonds. The maximum Gasteiger partial charge on any atom is 0.144 e. The molecule has 0 aliphatic heterocycles. The van der Waals surface area contributed by atoms with Gasteiger partial charge in [-0.1, -0.05) is 35.0 Å². The van der Waals surface area contributed by atoms with Crippen molar-refractivity contribution < 1.29 is 4.52 Å². The molecule has 0 bridgehead atoms. The number of halogens is 1. The minimum Gasteiger partial charge on any atom is -0.360 e. The van der Waals surface area contributed by atoms with Crippen LogP contribution in [0.5, 0.6) is 0 Å². The zero-order valence-corrected chi connectivity index (χ0v) is 7.80. The maximum atomic E-state index is 6.00. The van der Waals surface area contributed by atoms with Gasteiger partial charge < -0.3 is 4.52 Å². The second-order valence-corrected chi connectivity index (χ2v) is 3.11. The van der Waals surface area contributed by atoms with Gasteiger partial charge in [-0.3, -0.25) is 0 Å². The van der Waals surface area contributed by atoms with Gasteiger partial charge in [-0.05, 0) is 13.0 Å². The van der Waals surface area contributed by atoms with E-state index < -0.39 is 0 Å².